The molecule has 1 saturated heterocycles. The molecule has 0 spiro atoms. The van der Waals surface area contributed by atoms with Gasteiger partial charge in [-0.1, -0.05) is 20.3 Å². The van der Waals surface area contributed by atoms with Gasteiger partial charge in [-0.2, -0.15) is 0 Å². The van der Waals surface area contributed by atoms with Gasteiger partial charge in [0.2, 0.25) is 11.8 Å². The van der Waals surface area contributed by atoms with Crippen molar-refractivity contribution < 1.29 is 9.59 Å². The van der Waals surface area contributed by atoms with Gasteiger partial charge in [-0.3, -0.25) is 9.59 Å². The van der Waals surface area contributed by atoms with Crippen molar-refractivity contribution in [1.29, 1.82) is 0 Å². The molecule has 0 radical (unpaired) electrons. The number of piperidine rings is 1. The summed E-state index contributed by atoms with van der Waals surface area (Å²) in [6.45, 7) is 8.00. The molecule has 1 aliphatic heterocycles. The quantitative estimate of drug-likeness (QED) is 0.821. The van der Waals surface area contributed by atoms with E-state index in [4.69, 9.17) is 4.98 Å². The molecule has 0 aromatic carbocycles. The van der Waals surface area contributed by atoms with E-state index in [-0.39, 0.29) is 11.8 Å². The lowest BCUT2D eigenvalue weighted by molar-refractivity contribution is -0.136. The summed E-state index contributed by atoms with van der Waals surface area (Å²) in [6, 6.07) is 0. The fraction of sp³-hybridized carbons (Fsp3) is 0.722. The van der Waals surface area contributed by atoms with Crippen molar-refractivity contribution in [3.8, 4) is 0 Å². The zero-order valence-corrected chi connectivity index (χ0v) is 15.8. The van der Waals surface area contributed by atoms with E-state index in [1.165, 1.54) is 6.92 Å². The maximum Gasteiger partial charge on any atom is 0.225 e. The molecule has 1 aromatic rings. The van der Waals surface area contributed by atoms with Crippen molar-refractivity contribution in [3.05, 3.63) is 16.1 Å². The molecule has 2 rings (SSSR count). The minimum absolute atomic E-state index is 0.00640. The van der Waals surface area contributed by atoms with Crippen molar-refractivity contribution >= 4 is 23.2 Å². The van der Waals surface area contributed by atoms with Gasteiger partial charge in [0.15, 0.2) is 0 Å². The molecule has 6 heteroatoms. The van der Waals surface area contributed by atoms with Crippen LogP contribution in [0.3, 0.4) is 0 Å². The van der Waals surface area contributed by atoms with Crippen LogP contribution in [0.1, 0.15) is 63.1 Å². The maximum atomic E-state index is 12.5. The van der Waals surface area contributed by atoms with Gasteiger partial charge in [0.1, 0.15) is 0 Å². The van der Waals surface area contributed by atoms with Crippen LogP contribution in [0, 0.1) is 5.92 Å². The monoisotopic (exact) mass is 351 g/mol. The van der Waals surface area contributed by atoms with Gasteiger partial charge in [0.25, 0.3) is 0 Å². The lowest BCUT2D eigenvalue weighted by Crippen LogP contribution is -2.41. The van der Waals surface area contributed by atoms with Crippen LogP contribution in [0.4, 0.5) is 0 Å². The first-order chi connectivity index (χ1) is 11.5. The predicted molar refractivity (Wildman–Crippen MR) is 97.1 cm³/mol. The Kier molecular flexibility index (Phi) is 7.21. The summed E-state index contributed by atoms with van der Waals surface area (Å²) >= 11 is 1.69. The van der Waals surface area contributed by atoms with Crippen LogP contribution in [0.15, 0.2) is 5.38 Å². The molecule has 2 heterocycles. The fourth-order valence-corrected chi connectivity index (χ4v) is 4.22. The zero-order chi connectivity index (χ0) is 17.5. The summed E-state index contributed by atoms with van der Waals surface area (Å²) in [5, 5.41) is 6.02. The highest BCUT2D eigenvalue weighted by molar-refractivity contribution is 7.09. The molecule has 2 amide bonds. The average molecular weight is 352 g/mol. The summed E-state index contributed by atoms with van der Waals surface area (Å²) in [4.78, 5) is 30.2. The minimum Gasteiger partial charge on any atom is -0.356 e. The standard InChI is InChI=1S/C18H29N3O2S/c1-4-6-13(2)18(23)21-10-5-7-15(11-21)17-20-16(12-24-17)8-9-19-14(3)22/h12-13,15H,4-11H2,1-3H3,(H,19,22). The van der Waals surface area contributed by atoms with Gasteiger partial charge in [-0.15, -0.1) is 11.3 Å². The molecule has 0 aliphatic carbocycles. The van der Waals surface area contributed by atoms with E-state index < -0.39 is 0 Å². The fourth-order valence-electron chi connectivity index (χ4n) is 3.24. The van der Waals surface area contributed by atoms with Gasteiger partial charge in [-0.05, 0) is 19.3 Å². The molecule has 0 bridgehead atoms. The predicted octanol–water partition coefficient (Wildman–Crippen LogP) is 2.96. The molecule has 5 nitrogen and oxygen atoms in total. The topological polar surface area (TPSA) is 62.3 Å². The van der Waals surface area contributed by atoms with Crippen molar-refractivity contribution in [1.82, 2.24) is 15.2 Å². The number of hydrogen-bond acceptors (Lipinski definition) is 4. The first-order valence-electron chi connectivity index (χ1n) is 8.98. The second-order valence-corrected chi connectivity index (χ2v) is 7.61. The van der Waals surface area contributed by atoms with E-state index >= 15 is 0 Å². The van der Waals surface area contributed by atoms with Crippen LogP contribution >= 0.6 is 11.3 Å². The number of hydrogen-bond donors (Lipinski definition) is 1. The molecule has 1 aromatic heterocycles. The van der Waals surface area contributed by atoms with Gasteiger partial charge in [0, 0.05) is 50.2 Å². The number of aromatic nitrogens is 1. The van der Waals surface area contributed by atoms with E-state index in [9.17, 15) is 9.59 Å². The Labute approximate surface area is 148 Å². The van der Waals surface area contributed by atoms with Crippen LogP contribution in [0.5, 0.6) is 0 Å². The van der Waals surface area contributed by atoms with Crippen molar-refractivity contribution in [2.45, 2.75) is 58.8 Å². The Morgan fingerprint density at radius 2 is 2.29 bits per heavy atom. The highest BCUT2D eigenvalue weighted by Gasteiger charge is 2.28. The molecule has 2 atom stereocenters. The van der Waals surface area contributed by atoms with Gasteiger partial charge < -0.3 is 10.2 Å². The van der Waals surface area contributed by atoms with Gasteiger partial charge in [0.05, 0.1) is 10.7 Å². The van der Waals surface area contributed by atoms with Gasteiger partial charge in [-0.25, -0.2) is 4.98 Å². The van der Waals surface area contributed by atoms with Crippen LogP contribution in [-0.4, -0.2) is 41.3 Å². The van der Waals surface area contributed by atoms with E-state index in [1.807, 2.05) is 11.8 Å². The number of carbonyl (C=O) groups excluding carboxylic acids is 2. The number of amides is 2. The number of carbonyl (C=O) groups is 2. The Morgan fingerprint density at radius 1 is 1.50 bits per heavy atom. The molecule has 1 N–H and O–H groups in total. The first-order valence-corrected chi connectivity index (χ1v) is 9.86. The second kappa shape index (κ2) is 9.16. The number of rotatable bonds is 7. The van der Waals surface area contributed by atoms with Crippen LogP contribution in [0.25, 0.3) is 0 Å². The molecule has 2 unspecified atom stereocenters. The van der Waals surface area contributed by atoms with E-state index in [1.54, 1.807) is 11.3 Å². The Morgan fingerprint density at radius 3 is 3.00 bits per heavy atom. The molecule has 24 heavy (non-hydrogen) atoms. The van der Waals surface area contributed by atoms with Crippen LogP contribution in [-0.2, 0) is 16.0 Å². The third-order valence-corrected chi connectivity index (χ3v) is 5.61. The van der Waals surface area contributed by atoms with E-state index in [0.29, 0.717) is 18.4 Å². The molecule has 134 valence electrons. The normalized spacial score (nSPS) is 19.1. The second-order valence-electron chi connectivity index (χ2n) is 6.72. The first kappa shape index (κ1) is 18.9. The molecular weight excluding hydrogens is 322 g/mol. The third-order valence-electron chi connectivity index (χ3n) is 4.55. The number of nitrogens with one attached hydrogen (secondary N) is 1. The zero-order valence-electron chi connectivity index (χ0n) is 15.0. The average Bonchev–Trinajstić information content (AvgIpc) is 3.03. The summed E-state index contributed by atoms with van der Waals surface area (Å²) in [7, 11) is 0. The third kappa shape index (κ3) is 5.30. The molecule has 0 saturated carbocycles. The smallest absolute Gasteiger partial charge is 0.225 e. The number of nitrogens with zero attached hydrogens (tertiary/aromatic N) is 2. The van der Waals surface area contributed by atoms with E-state index in [2.05, 4.69) is 17.6 Å². The number of thiazole rings is 1. The number of likely N-dealkylation sites (tertiary alicyclic amines) is 1. The lowest BCUT2D eigenvalue weighted by Gasteiger charge is -2.33. The van der Waals surface area contributed by atoms with E-state index in [0.717, 1.165) is 55.9 Å². The summed E-state index contributed by atoms with van der Waals surface area (Å²) in [6.07, 6.45) is 4.93. The van der Waals surface area contributed by atoms with Crippen molar-refractivity contribution in [3.63, 3.8) is 0 Å². The SMILES string of the molecule is CCCC(C)C(=O)N1CCCC(c2nc(CCNC(C)=O)cs2)C1. The highest BCUT2D eigenvalue weighted by atomic mass is 32.1. The van der Waals surface area contributed by atoms with Crippen molar-refractivity contribution in [2.24, 2.45) is 5.92 Å². The summed E-state index contributed by atoms with van der Waals surface area (Å²) in [5.74, 6) is 0.770. The largest absolute Gasteiger partial charge is 0.356 e. The highest BCUT2D eigenvalue weighted by Crippen LogP contribution is 2.30. The molecule has 1 aliphatic rings. The van der Waals surface area contributed by atoms with Crippen LogP contribution < -0.4 is 5.32 Å². The van der Waals surface area contributed by atoms with Crippen LogP contribution in [0.2, 0.25) is 0 Å². The molecule has 1 fully saturated rings. The Bertz CT molecular complexity index is 558. The Hall–Kier alpha value is -1.43. The van der Waals surface area contributed by atoms with Gasteiger partial charge >= 0.3 is 0 Å². The lowest BCUT2D eigenvalue weighted by atomic mass is 9.96. The Balaban J connectivity index is 1.91. The minimum atomic E-state index is -0.00640. The maximum absolute atomic E-state index is 12.5. The molecular formula is C18H29N3O2S. The summed E-state index contributed by atoms with van der Waals surface area (Å²) < 4.78 is 0. The van der Waals surface area contributed by atoms with Crippen molar-refractivity contribution in [2.75, 3.05) is 19.6 Å². The summed E-state index contributed by atoms with van der Waals surface area (Å²) in [5.41, 5.74) is 1.03.